The van der Waals surface area contributed by atoms with E-state index >= 15 is 0 Å². The number of halogens is 5. The van der Waals surface area contributed by atoms with Crippen LogP contribution in [-0.2, 0) is 0 Å². The Balaban J connectivity index is 1.76. The zero-order chi connectivity index (χ0) is 25.5. The fourth-order valence-corrected chi connectivity index (χ4v) is 2.99. The summed E-state index contributed by atoms with van der Waals surface area (Å²) in [4.78, 5) is 19.8. The van der Waals surface area contributed by atoms with Gasteiger partial charge in [-0.15, -0.1) is 6.58 Å². The molecule has 0 atom stereocenters. The average molecular weight is 490 g/mol. The molecule has 5 nitrogen and oxygen atoms in total. The Kier molecular flexibility index (Phi) is 8.30. The molecule has 3 aromatic rings. The normalized spacial score (nSPS) is 11.6. The minimum absolute atomic E-state index is 0.0124. The third-order valence-electron chi connectivity index (χ3n) is 4.67. The van der Waals surface area contributed by atoms with Crippen molar-refractivity contribution in [3.05, 3.63) is 89.8 Å². The van der Waals surface area contributed by atoms with Crippen molar-refractivity contribution in [3.63, 3.8) is 0 Å². The second-order valence-corrected chi connectivity index (χ2v) is 7.09. The van der Waals surface area contributed by atoms with Gasteiger partial charge in [0.15, 0.2) is 23.2 Å². The van der Waals surface area contributed by atoms with Crippen LogP contribution in [0.5, 0.6) is 11.8 Å². The van der Waals surface area contributed by atoms with E-state index in [1.165, 1.54) is 18.2 Å². The first-order valence-electron chi connectivity index (χ1n) is 10.4. The molecule has 2 aromatic carbocycles. The average Bonchev–Trinajstić information content (AvgIpc) is 2.84. The number of nitrogens with zero attached hydrogens (tertiary/aromatic N) is 2. The Morgan fingerprint density at radius 3 is 2.20 bits per heavy atom. The van der Waals surface area contributed by atoms with Crippen molar-refractivity contribution in [2.45, 2.75) is 19.8 Å². The van der Waals surface area contributed by atoms with Gasteiger partial charge in [-0.2, -0.15) is 0 Å². The van der Waals surface area contributed by atoms with E-state index < -0.39 is 52.4 Å². The van der Waals surface area contributed by atoms with E-state index in [1.807, 2.05) is 0 Å². The fourth-order valence-electron chi connectivity index (χ4n) is 2.99. The maximum Gasteiger partial charge on any atom is 0.346 e. The van der Waals surface area contributed by atoms with Crippen molar-refractivity contribution >= 4 is 11.8 Å². The molecule has 0 aliphatic carbocycles. The molecule has 0 bridgehead atoms. The number of allylic oxidation sites excluding steroid dienone is 2. The maximum atomic E-state index is 14.6. The summed E-state index contributed by atoms with van der Waals surface area (Å²) in [7, 11) is 0. The summed E-state index contributed by atoms with van der Waals surface area (Å²) < 4.78 is 80.2. The molecule has 182 valence electrons. The lowest BCUT2D eigenvalue weighted by molar-refractivity contribution is 0.0718. The summed E-state index contributed by atoms with van der Waals surface area (Å²) in [5.41, 5.74) is -0.563. The number of esters is 1. The summed E-state index contributed by atoms with van der Waals surface area (Å²) >= 11 is 0. The van der Waals surface area contributed by atoms with Gasteiger partial charge in [0, 0.05) is 35.5 Å². The van der Waals surface area contributed by atoms with Crippen molar-refractivity contribution in [2.75, 3.05) is 6.61 Å². The molecule has 0 spiro atoms. The smallest absolute Gasteiger partial charge is 0.346 e. The lowest BCUT2D eigenvalue weighted by Gasteiger charge is -2.09. The van der Waals surface area contributed by atoms with Gasteiger partial charge in [-0.05, 0) is 31.5 Å². The number of aromatic nitrogens is 2. The first kappa shape index (κ1) is 25.5. The van der Waals surface area contributed by atoms with Crippen LogP contribution in [0.1, 0.15) is 35.7 Å². The van der Waals surface area contributed by atoms with Gasteiger partial charge < -0.3 is 9.47 Å². The van der Waals surface area contributed by atoms with Gasteiger partial charge in [0.1, 0.15) is 11.6 Å². The maximum absolute atomic E-state index is 14.6. The summed E-state index contributed by atoms with van der Waals surface area (Å²) in [6, 6.07) is 4.29. The lowest BCUT2D eigenvalue weighted by atomic mass is 10.0. The minimum Gasteiger partial charge on any atom is -0.488 e. The minimum atomic E-state index is -1.17. The van der Waals surface area contributed by atoms with Crippen molar-refractivity contribution < 1.29 is 36.2 Å². The van der Waals surface area contributed by atoms with E-state index in [2.05, 4.69) is 16.5 Å². The van der Waals surface area contributed by atoms with Crippen LogP contribution in [0.2, 0.25) is 0 Å². The molecule has 35 heavy (non-hydrogen) atoms. The summed E-state index contributed by atoms with van der Waals surface area (Å²) in [5, 5.41) is 0. The highest BCUT2D eigenvalue weighted by Crippen LogP contribution is 2.29. The molecule has 0 fully saturated rings. The van der Waals surface area contributed by atoms with E-state index in [0.29, 0.717) is 0 Å². The van der Waals surface area contributed by atoms with Crippen LogP contribution in [-0.4, -0.2) is 22.5 Å². The molecular formula is C25H19F5N2O3. The Bertz CT molecular complexity index is 1250. The SMILES string of the molecule is C=CCCC(F)=C(F)c1ccc(-c2cnc(OC(=O)c3cc(F)c(OCC)c(F)c3)nc2)c(F)c1. The number of carbonyl (C=O) groups is 1. The molecule has 0 N–H and O–H groups in total. The molecule has 0 saturated heterocycles. The number of benzene rings is 2. The van der Waals surface area contributed by atoms with Crippen LogP contribution in [0.4, 0.5) is 22.0 Å². The summed E-state index contributed by atoms with van der Waals surface area (Å²) in [6.07, 6.45) is 3.74. The molecule has 1 aromatic heterocycles. The van der Waals surface area contributed by atoms with Crippen molar-refractivity contribution in [3.8, 4) is 22.9 Å². The Morgan fingerprint density at radius 2 is 1.63 bits per heavy atom. The second kappa shape index (κ2) is 11.4. The third kappa shape index (κ3) is 6.08. The molecule has 0 saturated carbocycles. The Labute approximate surface area is 197 Å². The fraction of sp³-hybridized carbons (Fsp3) is 0.160. The first-order chi connectivity index (χ1) is 16.7. The van der Waals surface area contributed by atoms with Crippen LogP contribution < -0.4 is 9.47 Å². The molecule has 1 heterocycles. The molecule has 0 unspecified atom stereocenters. The highest BCUT2D eigenvalue weighted by Gasteiger charge is 2.19. The highest BCUT2D eigenvalue weighted by atomic mass is 19.2. The van der Waals surface area contributed by atoms with Gasteiger partial charge in [0.05, 0.1) is 12.2 Å². The van der Waals surface area contributed by atoms with E-state index in [4.69, 9.17) is 9.47 Å². The first-order valence-corrected chi connectivity index (χ1v) is 10.4. The standard InChI is InChI=1S/C25H19F5N2O3/c1-3-5-6-18(26)22(30)14-7-8-17(19(27)9-14)16-12-31-25(32-13-16)35-24(33)15-10-20(28)23(34-4-2)21(29)11-15/h3,7-13H,1,4-6H2,2H3. The molecule has 0 aliphatic heterocycles. The number of hydrogen-bond donors (Lipinski definition) is 0. The third-order valence-corrected chi connectivity index (χ3v) is 4.67. The van der Waals surface area contributed by atoms with Crippen molar-refractivity contribution in [1.29, 1.82) is 0 Å². The van der Waals surface area contributed by atoms with Crippen LogP contribution in [0.15, 0.2) is 61.2 Å². The monoisotopic (exact) mass is 490 g/mol. The van der Waals surface area contributed by atoms with E-state index in [-0.39, 0.29) is 36.1 Å². The lowest BCUT2D eigenvalue weighted by Crippen LogP contribution is -2.12. The van der Waals surface area contributed by atoms with Gasteiger partial charge in [-0.1, -0.05) is 18.2 Å². The van der Waals surface area contributed by atoms with E-state index in [1.54, 1.807) is 6.92 Å². The van der Waals surface area contributed by atoms with Crippen molar-refractivity contribution in [2.24, 2.45) is 0 Å². The zero-order valence-electron chi connectivity index (χ0n) is 18.5. The zero-order valence-corrected chi connectivity index (χ0v) is 18.5. The Morgan fingerprint density at radius 1 is 1.00 bits per heavy atom. The largest absolute Gasteiger partial charge is 0.488 e. The molecule has 0 amide bonds. The summed E-state index contributed by atoms with van der Waals surface area (Å²) in [5.74, 6) is -6.95. The number of ether oxygens (including phenoxy) is 2. The second-order valence-electron chi connectivity index (χ2n) is 7.09. The molecule has 10 heteroatoms. The summed E-state index contributed by atoms with van der Waals surface area (Å²) in [6.45, 7) is 5.00. The van der Waals surface area contributed by atoms with Crippen LogP contribution in [0.25, 0.3) is 17.0 Å². The number of hydrogen-bond acceptors (Lipinski definition) is 5. The molecule has 0 aliphatic rings. The van der Waals surface area contributed by atoms with Gasteiger partial charge in [0.2, 0.25) is 0 Å². The van der Waals surface area contributed by atoms with Crippen LogP contribution in [0, 0.1) is 17.5 Å². The molecular weight excluding hydrogens is 471 g/mol. The Hall–Kier alpha value is -4.08. The molecule has 3 rings (SSSR count). The predicted molar refractivity (Wildman–Crippen MR) is 118 cm³/mol. The van der Waals surface area contributed by atoms with Gasteiger partial charge in [0.25, 0.3) is 0 Å². The number of rotatable bonds is 9. The van der Waals surface area contributed by atoms with Gasteiger partial charge in [-0.3, -0.25) is 0 Å². The van der Waals surface area contributed by atoms with Gasteiger partial charge >= 0.3 is 12.0 Å². The van der Waals surface area contributed by atoms with Crippen molar-refractivity contribution in [1.82, 2.24) is 9.97 Å². The van der Waals surface area contributed by atoms with Crippen LogP contribution >= 0.6 is 0 Å². The topological polar surface area (TPSA) is 61.3 Å². The number of carbonyl (C=O) groups excluding carboxylic acids is 1. The highest BCUT2D eigenvalue weighted by molar-refractivity contribution is 5.91. The van der Waals surface area contributed by atoms with Gasteiger partial charge in [-0.25, -0.2) is 36.7 Å². The van der Waals surface area contributed by atoms with E-state index in [9.17, 15) is 26.7 Å². The van der Waals surface area contributed by atoms with Crippen LogP contribution in [0.3, 0.4) is 0 Å². The van der Waals surface area contributed by atoms with E-state index in [0.717, 1.165) is 30.6 Å². The quantitative estimate of drug-likeness (QED) is 0.189. The molecule has 0 radical (unpaired) electrons. The predicted octanol–water partition coefficient (Wildman–Crippen LogP) is 6.75.